The van der Waals surface area contributed by atoms with Crippen molar-refractivity contribution in [2.24, 2.45) is 0 Å². The number of ether oxygens (including phenoxy) is 1. The maximum atomic E-state index is 12.5. The highest BCUT2D eigenvalue weighted by Crippen LogP contribution is 2.32. The molecule has 1 aromatic carbocycles. The summed E-state index contributed by atoms with van der Waals surface area (Å²) in [5.41, 5.74) is 0.881. The highest BCUT2D eigenvalue weighted by atomic mass is 32.2. The van der Waals surface area contributed by atoms with E-state index in [0.717, 1.165) is 17.7 Å². The third kappa shape index (κ3) is 4.82. The smallest absolute Gasteiger partial charge is 0.266 e. The number of carbonyl (C=O) groups excluding carboxylic acids is 2. The van der Waals surface area contributed by atoms with Crippen molar-refractivity contribution in [1.29, 1.82) is 0 Å². The minimum atomic E-state index is -0.127. The van der Waals surface area contributed by atoms with Crippen LogP contribution in [0.2, 0.25) is 0 Å². The molecule has 1 heterocycles. The van der Waals surface area contributed by atoms with Crippen LogP contribution in [0, 0.1) is 0 Å². The van der Waals surface area contributed by atoms with Crippen LogP contribution in [0.5, 0.6) is 5.75 Å². The second kappa shape index (κ2) is 8.84. The van der Waals surface area contributed by atoms with Gasteiger partial charge in [-0.15, -0.1) is 0 Å². The predicted octanol–water partition coefficient (Wildman–Crippen LogP) is 2.81. The summed E-state index contributed by atoms with van der Waals surface area (Å²) in [7, 11) is 1.60. The van der Waals surface area contributed by atoms with Crippen molar-refractivity contribution in [1.82, 2.24) is 10.2 Å². The number of nitrogens with zero attached hydrogens (tertiary/aromatic N) is 1. The normalized spacial score (nSPS) is 15.9. The molecule has 0 aromatic heterocycles. The minimum absolute atomic E-state index is 0.00476. The fourth-order valence-corrected chi connectivity index (χ4v) is 3.51. The Morgan fingerprint density at radius 2 is 2.25 bits per heavy atom. The fraction of sp³-hybridized carbons (Fsp3) is 0.353. The molecule has 1 aliphatic rings. The standard InChI is InChI=1S/C17H20N2O3S2/c1-3-5-15(20)18-8-9-19-16(21)14(24-17(19)23)11-12-6-4-7-13(10-12)22-2/h4,6-7,10-11H,3,5,8-9H2,1-2H3,(H,18,20)/b14-11+. The lowest BCUT2D eigenvalue weighted by atomic mass is 10.2. The largest absolute Gasteiger partial charge is 0.497 e. The first kappa shape index (κ1) is 18.5. The Morgan fingerprint density at radius 1 is 1.46 bits per heavy atom. The lowest BCUT2D eigenvalue weighted by Crippen LogP contribution is -2.37. The molecule has 1 fully saturated rings. The van der Waals surface area contributed by atoms with Crippen molar-refractivity contribution in [3.8, 4) is 5.75 Å². The molecule has 0 atom stereocenters. The highest BCUT2D eigenvalue weighted by molar-refractivity contribution is 8.26. The second-order valence-electron chi connectivity index (χ2n) is 5.21. The number of thiocarbonyl (C=S) groups is 1. The molecule has 7 heteroatoms. The molecular formula is C17H20N2O3S2. The first-order chi connectivity index (χ1) is 11.5. The molecule has 1 aliphatic heterocycles. The van der Waals surface area contributed by atoms with Crippen molar-refractivity contribution in [2.45, 2.75) is 19.8 Å². The van der Waals surface area contributed by atoms with Crippen LogP contribution in [0.4, 0.5) is 0 Å². The maximum Gasteiger partial charge on any atom is 0.266 e. The van der Waals surface area contributed by atoms with E-state index in [1.807, 2.05) is 31.2 Å². The monoisotopic (exact) mass is 364 g/mol. The molecule has 5 nitrogen and oxygen atoms in total. The third-order valence-corrected chi connectivity index (χ3v) is 4.78. The van der Waals surface area contributed by atoms with Gasteiger partial charge in [0.1, 0.15) is 10.1 Å². The van der Waals surface area contributed by atoms with E-state index in [1.54, 1.807) is 13.2 Å². The van der Waals surface area contributed by atoms with Gasteiger partial charge in [0, 0.05) is 19.5 Å². The zero-order chi connectivity index (χ0) is 17.5. The number of carbonyl (C=O) groups is 2. The molecular weight excluding hydrogens is 344 g/mol. The van der Waals surface area contributed by atoms with E-state index in [1.165, 1.54) is 16.7 Å². The zero-order valence-electron chi connectivity index (χ0n) is 13.7. The van der Waals surface area contributed by atoms with Crippen molar-refractivity contribution >= 4 is 46.2 Å². The van der Waals surface area contributed by atoms with Gasteiger partial charge in [-0.25, -0.2) is 0 Å². The van der Waals surface area contributed by atoms with E-state index < -0.39 is 0 Å². The van der Waals surface area contributed by atoms with E-state index in [0.29, 0.717) is 28.7 Å². The number of nitrogens with one attached hydrogen (secondary N) is 1. The van der Waals surface area contributed by atoms with Crippen LogP contribution in [0.25, 0.3) is 6.08 Å². The first-order valence-electron chi connectivity index (χ1n) is 7.71. The number of rotatable bonds is 7. The number of hydrogen-bond donors (Lipinski definition) is 1. The Hall–Kier alpha value is -1.86. The number of methoxy groups -OCH3 is 1. The Balaban J connectivity index is 2.00. The second-order valence-corrected chi connectivity index (χ2v) is 6.89. The predicted molar refractivity (Wildman–Crippen MR) is 101 cm³/mol. The molecule has 0 aliphatic carbocycles. The van der Waals surface area contributed by atoms with Crippen molar-refractivity contribution in [3.05, 3.63) is 34.7 Å². The Kier molecular flexibility index (Phi) is 6.81. The maximum absolute atomic E-state index is 12.5. The average molecular weight is 364 g/mol. The quantitative estimate of drug-likeness (QED) is 0.596. The number of amides is 2. The third-order valence-electron chi connectivity index (χ3n) is 3.40. The minimum Gasteiger partial charge on any atom is -0.497 e. The topological polar surface area (TPSA) is 58.6 Å². The lowest BCUT2D eigenvalue weighted by Gasteiger charge is -2.14. The molecule has 2 amide bonds. The SMILES string of the molecule is CCCC(=O)NCCN1C(=O)/C(=C\c2cccc(OC)c2)SC1=S. The molecule has 0 spiro atoms. The Labute approximate surface area is 151 Å². The van der Waals surface area contributed by atoms with Gasteiger partial charge in [-0.05, 0) is 30.2 Å². The van der Waals surface area contributed by atoms with E-state index in [4.69, 9.17) is 17.0 Å². The van der Waals surface area contributed by atoms with Gasteiger partial charge in [0.15, 0.2) is 0 Å². The molecule has 0 unspecified atom stereocenters. The molecule has 128 valence electrons. The van der Waals surface area contributed by atoms with Crippen molar-refractivity contribution < 1.29 is 14.3 Å². The van der Waals surface area contributed by atoms with Crippen LogP contribution < -0.4 is 10.1 Å². The molecule has 1 saturated heterocycles. The zero-order valence-corrected chi connectivity index (χ0v) is 15.3. The van der Waals surface area contributed by atoms with E-state index in [9.17, 15) is 9.59 Å². The van der Waals surface area contributed by atoms with Crippen LogP contribution in [0.3, 0.4) is 0 Å². The van der Waals surface area contributed by atoms with E-state index >= 15 is 0 Å². The van der Waals surface area contributed by atoms with Gasteiger partial charge in [-0.3, -0.25) is 14.5 Å². The van der Waals surface area contributed by atoms with Gasteiger partial charge >= 0.3 is 0 Å². The summed E-state index contributed by atoms with van der Waals surface area (Å²) in [4.78, 5) is 26.1. The van der Waals surface area contributed by atoms with Gasteiger partial charge in [-0.1, -0.05) is 43.0 Å². The highest BCUT2D eigenvalue weighted by Gasteiger charge is 2.31. The molecule has 1 N–H and O–H groups in total. The van der Waals surface area contributed by atoms with Gasteiger partial charge in [-0.2, -0.15) is 0 Å². The van der Waals surface area contributed by atoms with Crippen LogP contribution in [0.15, 0.2) is 29.2 Å². The van der Waals surface area contributed by atoms with Gasteiger partial charge in [0.05, 0.1) is 12.0 Å². The van der Waals surface area contributed by atoms with E-state index in [2.05, 4.69) is 5.32 Å². The Morgan fingerprint density at radius 3 is 2.96 bits per heavy atom. The molecule has 0 radical (unpaired) electrons. The van der Waals surface area contributed by atoms with Crippen LogP contribution in [-0.2, 0) is 9.59 Å². The summed E-state index contributed by atoms with van der Waals surface area (Å²) in [6.45, 7) is 2.73. The summed E-state index contributed by atoms with van der Waals surface area (Å²) in [5, 5.41) is 2.79. The molecule has 1 aromatic rings. The first-order valence-corrected chi connectivity index (χ1v) is 8.93. The fourth-order valence-electron chi connectivity index (χ4n) is 2.20. The number of benzene rings is 1. The van der Waals surface area contributed by atoms with Crippen LogP contribution >= 0.6 is 24.0 Å². The molecule has 0 bridgehead atoms. The number of hydrogen-bond acceptors (Lipinski definition) is 5. The lowest BCUT2D eigenvalue weighted by molar-refractivity contribution is -0.123. The average Bonchev–Trinajstić information content (AvgIpc) is 2.82. The molecule has 0 saturated carbocycles. The van der Waals surface area contributed by atoms with Gasteiger partial charge in [0.2, 0.25) is 5.91 Å². The molecule has 24 heavy (non-hydrogen) atoms. The van der Waals surface area contributed by atoms with Gasteiger partial charge < -0.3 is 10.1 Å². The summed E-state index contributed by atoms with van der Waals surface area (Å²) >= 11 is 6.55. The van der Waals surface area contributed by atoms with Crippen molar-refractivity contribution in [2.75, 3.05) is 20.2 Å². The van der Waals surface area contributed by atoms with Crippen molar-refractivity contribution in [3.63, 3.8) is 0 Å². The molecule has 2 rings (SSSR count). The summed E-state index contributed by atoms with van der Waals surface area (Å²) in [5.74, 6) is 0.602. The Bertz CT molecular complexity index is 674. The summed E-state index contributed by atoms with van der Waals surface area (Å²) < 4.78 is 5.70. The van der Waals surface area contributed by atoms with Crippen LogP contribution in [-0.4, -0.2) is 41.2 Å². The van der Waals surface area contributed by atoms with Crippen LogP contribution in [0.1, 0.15) is 25.3 Å². The summed E-state index contributed by atoms with van der Waals surface area (Å²) in [6, 6.07) is 7.48. The van der Waals surface area contributed by atoms with Gasteiger partial charge in [0.25, 0.3) is 5.91 Å². The number of thioether (sulfide) groups is 1. The van der Waals surface area contributed by atoms with E-state index in [-0.39, 0.29) is 11.8 Å². The summed E-state index contributed by atoms with van der Waals surface area (Å²) in [6.07, 6.45) is 3.10.